The molecule has 1 saturated heterocycles. The number of hydrogen-bond acceptors (Lipinski definition) is 3. The normalized spacial score (nSPS) is 18.1. The number of rotatable bonds is 5. The molecule has 1 atom stereocenters. The number of methoxy groups -OCH3 is 1. The van der Waals surface area contributed by atoms with E-state index in [0.29, 0.717) is 19.7 Å². The van der Waals surface area contributed by atoms with Crippen molar-refractivity contribution in [2.24, 2.45) is 5.92 Å². The molecule has 0 radical (unpaired) electrons. The Morgan fingerprint density at radius 3 is 2.90 bits per heavy atom. The van der Waals surface area contributed by atoms with Gasteiger partial charge in [0.25, 0.3) is 0 Å². The SMILES string of the molecule is COCCNC(=O)C1CC(=O)N(c2cccc(C)c2C)C1. The van der Waals surface area contributed by atoms with Gasteiger partial charge in [-0.15, -0.1) is 0 Å². The zero-order chi connectivity index (χ0) is 15.4. The lowest BCUT2D eigenvalue weighted by molar-refractivity contribution is -0.126. The maximum Gasteiger partial charge on any atom is 0.227 e. The number of nitrogens with zero attached hydrogens (tertiary/aromatic N) is 1. The van der Waals surface area contributed by atoms with Crippen molar-refractivity contribution in [3.8, 4) is 0 Å². The van der Waals surface area contributed by atoms with Gasteiger partial charge in [-0.3, -0.25) is 9.59 Å². The lowest BCUT2D eigenvalue weighted by Crippen LogP contribution is -2.34. The predicted octanol–water partition coefficient (Wildman–Crippen LogP) is 1.42. The van der Waals surface area contributed by atoms with Crippen LogP contribution in [0.15, 0.2) is 18.2 Å². The number of hydrogen-bond donors (Lipinski definition) is 1. The lowest BCUT2D eigenvalue weighted by Gasteiger charge is -2.20. The van der Waals surface area contributed by atoms with E-state index in [2.05, 4.69) is 5.32 Å². The molecule has 1 fully saturated rings. The van der Waals surface area contributed by atoms with Crippen LogP contribution >= 0.6 is 0 Å². The number of anilines is 1. The Balaban J connectivity index is 2.06. The van der Waals surface area contributed by atoms with Gasteiger partial charge in [-0.2, -0.15) is 0 Å². The molecule has 1 heterocycles. The van der Waals surface area contributed by atoms with E-state index < -0.39 is 0 Å². The van der Waals surface area contributed by atoms with Crippen molar-refractivity contribution in [1.29, 1.82) is 0 Å². The Labute approximate surface area is 125 Å². The molecule has 0 aliphatic carbocycles. The largest absolute Gasteiger partial charge is 0.383 e. The molecule has 5 heteroatoms. The summed E-state index contributed by atoms with van der Waals surface area (Å²) < 4.78 is 4.90. The number of carbonyl (C=O) groups excluding carboxylic acids is 2. The molecule has 1 aromatic carbocycles. The molecular formula is C16H22N2O3. The van der Waals surface area contributed by atoms with Crippen LogP contribution in [0.2, 0.25) is 0 Å². The van der Waals surface area contributed by atoms with Crippen LogP contribution in [-0.4, -0.2) is 38.6 Å². The fraction of sp³-hybridized carbons (Fsp3) is 0.500. The summed E-state index contributed by atoms with van der Waals surface area (Å²) in [5.74, 6) is -0.349. The summed E-state index contributed by atoms with van der Waals surface area (Å²) in [5.41, 5.74) is 3.15. The van der Waals surface area contributed by atoms with Crippen LogP contribution in [0.3, 0.4) is 0 Å². The van der Waals surface area contributed by atoms with E-state index in [1.165, 1.54) is 0 Å². The fourth-order valence-corrected chi connectivity index (χ4v) is 2.56. The standard InChI is InChI=1S/C16H22N2O3/c1-11-5-4-6-14(12(11)2)18-10-13(9-15(18)19)16(20)17-7-8-21-3/h4-6,13H,7-10H2,1-3H3,(H,17,20). The van der Waals surface area contributed by atoms with Crippen LogP contribution in [0.1, 0.15) is 17.5 Å². The number of amides is 2. The second kappa shape index (κ2) is 6.72. The smallest absolute Gasteiger partial charge is 0.227 e. The second-order valence-corrected chi connectivity index (χ2v) is 5.41. The first kappa shape index (κ1) is 15.5. The minimum absolute atomic E-state index is 0.00981. The van der Waals surface area contributed by atoms with Crippen LogP contribution in [-0.2, 0) is 14.3 Å². The van der Waals surface area contributed by atoms with Crippen molar-refractivity contribution < 1.29 is 14.3 Å². The van der Waals surface area contributed by atoms with Gasteiger partial charge in [0, 0.05) is 32.3 Å². The molecule has 0 saturated carbocycles. The van der Waals surface area contributed by atoms with Crippen molar-refractivity contribution in [3.63, 3.8) is 0 Å². The zero-order valence-corrected chi connectivity index (χ0v) is 12.8. The third kappa shape index (κ3) is 3.42. The number of benzene rings is 1. The molecule has 114 valence electrons. The first-order chi connectivity index (χ1) is 10.0. The maximum atomic E-state index is 12.2. The van der Waals surface area contributed by atoms with Crippen molar-refractivity contribution in [2.45, 2.75) is 20.3 Å². The minimum Gasteiger partial charge on any atom is -0.383 e. The third-order valence-electron chi connectivity index (χ3n) is 3.97. The molecule has 0 spiro atoms. The quantitative estimate of drug-likeness (QED) is 0.834. The highest BCUT2D eigenvalue weighted by Gasteiger charge is 2.35. The van der Waals surface area contributed by atoms with E-state index in [1.807, 2.05) is 32.0 Å². The van der Waals surface area contributed by atoms with Crippen LogP contribution in [0.25, 0.3) is 0 Å². The van der Waals surface area contributed by atoms with Gasteiger partial charge in [0.15, 0.2) is 0 Å². The van der Waals surface area contributed by atoms with Crippen molar-refractivity contribution in [2.75, 3.05) is 31.7 Å². The molecule has 2 amide bonds. The molecule has 1 aromatic rings. The monoisotopic (exact) mass is 290 g/mol. The molecule has 1 aliphatic rings. The Hall–Kier alpha value is -1.88. The van der Waals surface area contributed by atoms with E-state index in [-0.39, 0.29) is 24.2 Å². The summed E-state index contributed by atoms with van der Waals surface area (Å²) in [6.45, 7) is 5.43. The van der Waals surface area contributed by atoms with Gasteiger partial charge in [0.1, 0.15) is 0 Å². The minimum atomic E-state index is -0.283. The van der Waals surface area contributed by atoms with Gasteiger partial charge in [-0.1, -0.05) is 12.1 Å². The van der Waals surface area contributed by atoms with E-state index in [0.717, 1.165) is 16.8 Å². The van der Waals surface area contributed by atoms with E-state index in [9.17, 15) is 9.59 Å². The summed E-state index contributed by atoms with van der Waals surface area (Å²) in [6, 6.07) is 5.90. The highest BCUT2D eigenvalue weighted by atomic mass is 16.5. The van der Waals surface area contributed by atoms with E-state index in [1.54, 1.807) is 12.0 Å². The molecule has 0 bridgehead atoms. The topological polar surface area (TPSA) is 58.6 Å². The van der Waals surface area contributed by atoms with Crippen molar-refractivity contribution >= 4 is 17.5 Å². The third-order valence-corrected chi connectivity index (χ3v) is 3.97. The summed E-state index contributed by atoms with van der Waals surface area (Å²) in [7, 11) is 1.59. The number of ether oxygens (including phenoxy) is 1. The van der Waals surface area contributed by atoms with Crippen LogP contribution in [0.4, 0.5) is 5.69 Å². The summed E-state index contributed by atoms with van der Waals surface area (Å²) in [6.07, 6.45) is 0.270. The lowest BCUT2D eigenvalue weighted by atomic mass is 10.1. The number of carbonyl (C=O) groups is 2. The van der Waals surface area contributed by atoms with Gasteiger partial charge < -0.3 is 15.0 Å². The average Bonchev–Trinajstić information content (AvgIpc) is 2.84. The van der Waals surface area contributed by atoms with Gasteiger partial charge in [0.05, 0.1) is 12.5 Å². The maximum absolute atomic E-state index is 12.2. The number of aryl methyl sites for hydroxylation is 1. The summed E-state index contributed by atoms with van der Waals surface area (Å²) in [4.78, 5) is 26.0. The van der Waals surface area contributed by atoms with Gasteiger partial charge in [-0.25, -0.2) is 0 Å². The summed E-state index contributed by atoms with van der Waals surface area (Å²) in [5, 5.41) is 2.80. The molecular weight excluding hydrogens is 268 g/mol. The zero-order valence-electron chi connectivity index (χ0n) is 12.8. The Kier molecular flexibility index (Phi) is 4.96. The molecule has 5 nitrogen and oxygen atoms in total. The van der Waals surface area contributed by atoms with Crippen molar-refractivity contribution in [1.82, 2.24) is 5.32 Å². The second-order valence-electron chi connectivity index (χ2n) is 5.41. The van der Waals surface area contributed by atoms with Gasteiger partial charge in [-0.05, 0) is 31.0 Å². The predicted molar refractivity (Wildman–Crippen MR) is 81.3 cm³/mol. The fourth-order valence-electron chi connectivity index (χ4n) is 2.56. The van der Waals surface area contributed by atoms with E-state index in [4.69, 9.17) is 4.74 Å². The van der Waals surface area contributed by atoms with Crippen LogP contribution in [0, 0.1) is 19.8 Å². The molecule has 1 unspecified atom stereocenters. The Bertz CT molecular complexity index is 542. The molecule has 2 rings (SSSR count). The van der Waals surface area contributed by atoms with E-state index >= 15 is 0 Å². The molecule has 21 heavy (non-hydrogen) atoms. The summed E-state index contributed by atoms with van der Waals surface area (Å²) >= 11 is 0. The highest BCUT2D eigenvalue weighted by molar-refractivity contribution is 6.00. The number of nitrogens with one attached hydrogen (secondary N) is 1. The van der Waals surface area contributed by atoms with Gasteiger partial charge in [0.2, 0.25) is 11.8 Å². The van der Waals surface area contributed by atoms with Gasteiger partial charge >= 0.3 is 0 Å². The molecule has 1 aliphatic heterocycles. The Morgan fingerprint density at radius 2 is 2.19 bits per heavy atom. The van der Waals surface area contributed by atoms with Crippen LogP contribution < -0.4 is 10.2 Å². The molecule has 1 N–H and O–H groups in total. The first-order valence-electron chi connectivity index (χ1n) is 7.17. The first-order valence-corrected chi connectivity index (χ1v) is 7.17. The highest BCUT2D eigenvalue weighted by Crippen LogP contribution is 2.29. The Morgan fingerprint density at radius 1 is 1.43 bits per heavy atom. The molecule has 0 aromatic heterocycles. The van der Waals surface area contributed by atoms with Crippen molar-refractivity contribution in [3.05, 3.63) is 29.3 Å². The van der Waals surface area contributed by atoms with Crippen LogP contribution in [0.5, 0.6) is 0 Å². The average molecular weight is 290 g/mol.